The standard InChI is InChI=1S/C25H20ClN3O3/c1-17-3-2-4-19(13-17)25(31)24(15-32-16-24)28(21-9-5-18(14-27)6-10-21)23(30)29(25)22-11-7-20(26)8-12-22/h2-13,31H,15-16H2,1H3. The molecule has 32 heavy (non-hydrogen) atoms. The maximum Gasteiger partial charge on any atom is 0.332 e. The van der Waals surface area contributed by atoms with Crippen LogP contribution in [0.3, 0.4) is 0 Å². The third-order valence-electron chi connectivity index (χ3n) is 6.22. The van der Waals surface area contributed by atoms with Gasteiger partial charge >= 0.3 is 6.03 Å². The maximum atomic E-state index is 14.0. The molecule has 1 spiro atoms. The molecule has 0 bridgehead atoms. The molecular formula is C25H20ClN3O3. The van der Waals surface area contributed by atoms with Crippen molar-refractivity contribution in [3.8, 4) is 6.07 Å². The Morgan fingerprint density at radius 3 is 2.19 bits per heavy atom. The van der Waals surface area contributed by atoms with Gasteiger partial charge in [0.25, 0.3) is 0 Å². The van der Waals surface area contributed by atoms with Gasteiger partial charge in [0.15, 0.2) is 0 Å². The molecule has 0 saturated carbocycles. The second-order valence-electron chi connectivity index (χ2n) is 8.15. The van der Waals surface area contributed by atoms with Crippen LogP contribution in [-0.2, 0) is 10.5 Å². The lowest BCUT2D eigenvalue weighted by Gasteiger charge is -2.51. The molecule has 7 heteroatoms. The Hall–Kier alpha value is -3.37. The summed E-state index contributed by atoms with van der Waals surface area (Å²) in [5.74, 6) is 0. The van der Waals surface area contributed by atoms with E-state index in [9.17, 15) is 9.90 Å². The molecule has 3 aromatic carbocycles. The van der Waals surface area contributed by atoms with Crippen molar-refractivity contribution in [3.63, 3.8) is 0 Å². The van der Waals surface area contributed by atoms with E-state index in [2.05, 4.69) is 6.07 Å². The second kappa shape index (κ2) is 7.35. The summed E-state index contributed by atoms with van der Waals surface area (Å²) in [5.41, 5.74) is 0.405. The van der Waals surface area contributed by atoms with E-state index in [1.54, 1.807) is 53.4 Å². The Bertz CT molecular complexity index is 1230. The highest BCUT2D eigenvalue weighted by molar-refractivity contribution is 6.30. The number of hydrogen-bond acceptors (Lipinski definition) is 4. The van der Waals surface area contributed by atoms with Crippen LogP contribution in [0.4, 0.5) is 16.2 Å². The van der Waals surface area contributed by atoms with Gasteiger partial charge in [0.1, 0.15) is 5.54 Å². The van der Waals surface area contributed by atoms with Crippen LogP contribution in [0.25, 0.3) is 0 Å². The number of rotatable bonds is 3. The number of anilines is 2. The molecule has 2 heterocycles. The van der Waals surface area contributed by atoms with Gasteiger partial charge in [-0.25, -0.2) is 4.79 Å². The van der Waals surface area contributed by atoms with Crippen LogP contribution in [0.2, 0.25) is 5.02 Å². The first-order chi connectivity index (χ1) is 15.4. The average Bonchev–Trinajstić information content (AvgIpc) is 2.99. The fourth-order valence-electron chi connectivity index (χ4n) is 4.60. The number of aliphatic hydroxyl groups is 1. The molecule has 1 N–H and O–H groups in total. The fraction of sp³-hybridized carbons (Fsp3) is 0.200. The molecule has 160 valence electrons. The molecule has 5 rings (SSSR count). The van der Waals surface area contributed by atoms with E-state index in [0.29, 0.717) is 27.5 Å². The lowest BCUT2D eigenvalue weighted by Crippen LogP contribution is -2.70. The molecule has 1 unspecified atom stereocenters. The van der Waals surface area contributed by atoms with Crippen LogP contribution in [0, 0.1) is 18.3 Å². The summed E-state index contributed by atoms with van der Waals surface area (Å²) in [5, 5.41) is 22.1. The number of carbonyl (C=O) groups excluding carboxylic acids is 1. The summed E-state index contributed by atoms with van der Waals surface area (Å²) in [6.45, 7) is 2.26. The van der Waals surface area contributed by atoms with Crippen molar-refractivity contribution in [3.05, 3.63) is 94.5 Å². The summed E-state index contributed by atoms with van der Waals surface area (Å²) in [6.07, 6.45) is 0. The lowest BCUT2D eigenvalue weighted by molar-refractivity contribution is -0.153. The molecular weight excluding hydrogens is 426 g/mol. The molecule has 3 aromatic rings. The minimum Gasteiger partial charge on any atom is -0.376 e. The Morgan fingerprint density at radius 1 is 1.00 bits per heavy atom. The van der Waals surface area contributed by atoms with E-state index in [4.69, 9.17) is 21.6 Å². The zero-order valence-corrected chi connectivity index (χ0v) is 18.1. The normalized spacial score (nSPS) is 21.5. The largest absolute Gasteiger partial charge is 0.376 e. The van der Waals surface area contributed by atoms with Crippen LogP contribution in [0.15, 0.2) is 72.8 Å². The van der Waals surface area contributed by atoms with Gasteiger partial charge in [0.2, 0.25) is 5.72 Å². The molecule has 0 aliphatic carbocycles. The zero-order valence-electron chi connectivity index (χ0n) is 17.3. The molecule has 2 aliphatic heterocycles. The van der Waals surface area contributed by atoms with Crippen molar-refractivity contribution in [1.29, 1.82) is 5.26 Å². The number of halogens is 1. The predicted octanol–water partition coefficient (Wildman–Crippen LogP) is 4.58. The number of nitrogens with zero attached hydrogens (tertiary/aromatic N) is 3. The molecule has 2 aliphatic rings. The minimum atomic E-state index is -1.70. The Labute approximate surface area is 190 Å². The number of aryl methyl sites for hydroxylation is 1. The van der Waals surface area contributed by atoms with Crippen molar-refractivity contribution < 1.29 is 14.6 Å². The highest BCUT2D eigenvalue weighted by Crippen LogP contribution is 2.54. The highest BCUT2D eigenvalue weighted by atomic mass is 35.5. The SMILES string of the molecule is Cc1cccc(C2(O)N(c3ccc(Cl)cc3)C(=O)N(c3ccc(C#N)cc3)C23COC3)c1. The van der Waals surface area contributed by atoms with E-state index < -0.39 is 11.3 Å². The van der Waals surface area contributed by atoms with Crippen molar-refractivity contribution in [2.75, 3.05) is 23.0 Å². The van der Waals surface area contributed by atoms with Crippen molar-refractivity contribution >= 4 is 29.0 Å². The average molecular weight is 446 g/mol. The Morgan fingerprint density at radius 2 is 1.62 bits per heavy atom. The van der Waals surface area contributed by atoms with E-state index in [1.165, 1.54) is 4.90 Å². The lowest BCUT2D eigenvalue weighted by atomic mass is 9.78. The fourth-order valence-corrected chi connectivity index (χ4v) is 4.73. The van der Waals surface area contributed by atoms with Crippen LogP contribution in [0.5, 0.6) is 0 Å². The van der Waals surface area contributed by atoms with Crippen LogP contribution in [0.1, 0.15) is 16.7 Å². The molecule has 2 fully saturated rings. The van der Waals surface area contributed by atoms with Gasteiger partial charge in [0, 0.05) is 22.0 Å². The van der Waals surface area contributed by atoms with Crippen molar-refractivity contribution in [1.82, 2.24) is 0 Å². The number of nitriles is 1. The van der Waals surface area contributed by atoms with Crippen molar-refractivity contribution in [2.45, 2.75) is 18.2 Å². The number of amides is 2. The second-order valence-corrected chi connectivity index (χ2v) is 8.59. The van der Waals surface area contributed by atoms with E-state index in [-0.39, 0.29) is 19.2 Å². The third-order valence-corrected chi connectivity index (χ3v) is 6.48. The number of hydrogen-bond donors (Lipinski definition) is 1. The molecule has 2 saturated heterocycles. The number of ether oxygens (including phenoxy) is 1. The van der Waals surface area contributed by atoms with Gasteiger partial charge < -0.3 is 9.84 Å². The van der Waals surface area contributed by atoms with Gasteiger partial charge in [-0.15, -0.1) is 0 Å². The smallest absolute Gasteiger partial charge is 0.332 e. The van der Waals surface area contributed by atoms with E-state index in [0.717, 1.165) is 5.56 Å². The van der Waals surface area contributed by atoms with E-state index in [1.807, 2.05) is 31.2 Å². The van der Waals surface area contributed by atoms with Gasteiger partial charge in [-0.2, -0.15) is 5.26 Å². The molecule has 2 amide bonds. The summed E-state index contributed by atoms with van der Waals surface area (Å²) in [4.78, 5) is 17.0. The molecule has 0 radical (unpaired) electrons. The van der Waals surface area contributed by atoms with Crippen LogP contribution >= 0.6 is 11.6 Å². The minimum absolute atomic E-state index is 0.160. The van der Waals surface area contributed by atoms with Crippen LogP contribution in [-0.4, -0.2) is 29.9 Å². The first kappa shape index (κ1) is 20.5. The van der Waals surface area contributed by atoms with Crippen LogP contribution < -0.4 is 9.80 Å². The predicted molar refractivity (Wildman–Crippen MR) is 122 cm³/mol. The summed E-state index contributed by atoms with van der Waals surface area (Å²) < 4.78 is 5.60. The van der Waals surface area contributed by atoms with Crippen molar-refractivity contribution in [2.24, 2.45) is 0 Å². The van der Waals surface area contributed by atoms with E-state index >= 15 is 0 Å². The first-order valence-corrected chi connectivity index (χ1v) is 10.6. The van der Waals surface area contributed by atoms with Gasteiger partial charge in [0.05, 0.1) is 24.8 Å². The van der Waals surface area contributed by atoms with Gasteiger partial charge in [-0.3, -0.25) is 9.80 Å². The number of urea groups is 1. The third kappa shape index (κ3) is 2.76. The Kier molecular flexibility index (Phi) is 4.72. The Balaban J connectivity index is 1.75. The highest BCUT2D eigenvalue weighted by Gasteiger charge is 2.72. The molecule has 0 aromatic heterocycles. The first-order valence-electron chi connectivity index (χ1n) is 10.2. The monoisotopic (exact) mass is 445 g/mol. The quantitative estimate of drug-likeness (QED) is 0.640. The number of benzene rings is 3. The summed E-state index contributed by atoms with van der Waals surface area (Å²) >= 11 is 6.09. The molecule has 1 atom stereocenters. The topological polar surface area (TPSA) is 76.8 Å². The molecule has 6 nitrogen and oxygen atoms in total. The van der Waals surface area contributed by atoms with Gasteiger partial charge in [-0.05, 0) is 55.5 Å². The summed E-state index contributed by atoms with van der Waals surface area (Å²) in [7, 11) is 0. The zero-order chi connectivity index (χ0) is 22.5. The maximum absolute atomic E-state index is 14.0. The summed E-state index contributed by atoms with van der Waals surface area (Å²) in [6, 6.07) is 22.8. The van der Waals surface area contributed by atoms with Gasteiger partial charge in [-0.1, -0.05) is 41.4 Å². The number of carbonyl (C=O) groups is 1.